The second kappa shape index (κ2) is 10.9. The minimum Gasteiger partial charge on any atom is -0.497 e. The van der Waals surface area contributed by atoms with Crippen LogP contribution in [0.2, 0.25) is 0 Å². The molecule has 8 heteroatoms. The van der Waals surface area contributed by atoms with Gasteiger partial charge in [0.15, 0.2) is 4.80 Å². The quantitative estimate of drug-likeness (QED) is 0.341. The van der Waals surface area contributed by atoms with Crippen LogP contribution >= 0.6 is 11.3 Å². The molecule has 1 aliphatic heterocycles. The van der Waals surface area contributed by atoms with Gasteiger partial charge >= 0.3 is 5.97 Å². The molecule has 7 nitrogen and oxygen atoms in total. The summed E-state index contributed by atoms with van der Waals surface area (Å²) in [6, 6.07) is 23.6. The van der Waals surface area contributed by atoms with Crippen molar-refractivity contribution in [2.24, 2.45) is 4.99 Å². The summed E-state index contributed by atoms with van der Waals surface area (Å²) in [5.41, 5.74) is 2.88. The maximum absolute atomic E-state index is 13.9. The Labute approximate surface area is 223 Å². The highest BCUT2D eigenvalue weighted by molar-refractivity contribution is 7.07. The average molecular weight is 527 g/mol. The lowest BCUT2D eigenvalue weighted by molar-refractivity contribution is -0.138. The summed E-state index contributed by atoms with van der Waals surface area (Å²) in [7, 11) is 3.19. The van der Waals surface area contributed by atoms with Crippen molar-refractivity contribution in [3.05, 3.63) is 121 Å². The summed E-state index contributed by atoms with van der Waals surface area (Å²) in [6.07, 6.45) is 1.81. The van der Waals surface area contributed by atoms with E-state index in [1.807, 2.05) is 84.9 Å². The van der Waals surface area contributed by atoms with Crippen molar-refractivity contribution >= 4 is 29.1 Å². The highest BCUT2D eigenvalue weighted by Gasteiger charge is 2.35. The highest BCUT2D eigenvalue weighted by Crippen LogP contribution is 2.35. The number of nitrogens with zero attached hydrogens (tertiary/aromatic N) is 2. The Hall–Kier alpha value is -4.43. The van der Waals surface area contributed by atoms with Crippen LogP contribution in [-0.2, 0) is 9.53 Å². The fraction of sp³-hybridized carbons (Fsp3) is 0.167. The predicted octanol–water partition coefficient (Wildman–Crippen LogP) is 3.95. The van der Waals surface area contributed by atoms with E-state index in [1.165, 1.54) is 11.3 Å². The first-order valence-electron chi connectivity index (χ1n) is 12.1. The Morgan fingerprint density at radius 3 is 2.39 bits per heavy atom. The van der Waals surface area contributed by atoms with Gasteiger partial charge in [0, 0.05) is 5.56 Å². The second-order valence-corrected chi connectivity index (χ2v) is 9.49. The van der Waals surface area contributed by atoms with Crippen LogP contribution in [0.1, 0.15) is 29.7 Å². The summed E-state index contributed by atoms with van der Waals surface area (Å²) in [4.78, 5) is 32.7. The summed E-state index contributed by atoms with van der Waals surface area (Å²) < 4.78 is 18.2. The number of rotatable bonds is 7. The van der Waals surface area contributed by atoms with Gasteiger partial charge in [-0.2, -0.15) is 0 Å². The first-order chi connectivity index (χ1) is 18.5. The number of carbonyl (C=O) groups excluding carboxylic acids is 1. The molecule has 2 heterocycles. The van der Waals surface area contributed by atoms with E-state index in [9.17, 15) is 9.59 Å². The Morgan fingerprint density at radius 1 is 0.974 bits per heavy atom. The number of thiazole rings is 1. The summed E-state index contributed by atoms with van der Waals surface area (Å²) in [5, 5.41) is 0. The normalized spacial score (nSPS) is 15.0. The fourth-order valence-corrected chi connectivity index (χ4v) is 5.43. The Balaban J connectivity index is 1.81. The lowest BCUT2D eigenvalue weighted by Crippen LogP contribution is -2.40. The lowest BCUT2D eigenvalue weighted by atomic mass is 9.93. The molecule has 0 spiro atoms. The second-order valence-electron chi connectivity index (χ2n) is 8.48. The Bertz CT molecular complexity index is 1690. The zero-order valence-corrected chi connectivity index (χ0v) is 22.0. The molecule has 0 aliphatic carbocycles. The predicted molar refractivity (Wildman–Crippen MR) is 147 cm³/mol. The highest BCUT2D eigenvalue weighted by atomic mass is 32.1. The smallest absolute Gasteiger partial charge is 0.338 e. The molecule has 5 rings (SSSR count). The third-order valence-corrected chi connectivity index (χ3v) is 7.18. The number of fused-ring (bicyclic) bond motifs is 1. The van der Waals surface area contributed by atoms with Crippen LogP contribution in [0.3, 0.4) is 0 Å². The van der Waals surface area contributed by atoms with Gasteiger partial charge in [-0.15, -0.1) is 0 Å². The van der Waals surface area contributed by atoms with Crippen molar-refractivity contribution in [1.82, 2.24) is 4.57 Å². The average Bonchev–Trinajstić information content (AvgIpc) is 3.27. The van der Waals surface area contributed by atoms with Gasteiger partial charge in [-0.05, 0) is 48.4 Å². The maximum Gasteiger partial charge on any atom is 0.338 e. The van der Waals surface area contributed by atoms with E-state index in [2.05, 4.69) is 0 Å². The zero-order chi connectivity index (χ0) is 26.6. The van der Waals surface area contributed by atoms with Gasteiger partial charge < -0.3 is 14.2 Å². The van der Waals surface area contributed by atoms with Crippen molar-refractivity contribution < 1.29 is 19.0 Å². The van der Waals surface area contributed by atoms with Crippen LogP contribution in [0.4, 0.5) is 0 Å². The molecular formula is C30H26N2O5S. The summed E-state index contributed by atoms with van der Waals surface area (Å²) in [6.45, 7) is 1.95. The van der Waals surface area contributed by atoms with E-state index in [4.69, 9.17) is 19.2 Å². The lowest BCUT2D eigenvalue weighted by Gasteiger charge is -2.26. The van der Waals surface area contributed by atoms with Gasteiger partial charge in [0.05, 0.1) is 42.7 Å². The molecule has 1 aromatic heterocycles. The Kier molecular flexibility index (Phi) is 7.24. The first-order valence-corrected chi connectivity index (χ1v) is 12.9. The molecular weight excluding hydrogens is 500 g/mol. The van der Waals surface area contributed by atoms with Crippen molar-refractivity contribution in [3.63, 3.8) is 0 Å². The number of benzene rings is 3. The number of aromatic nitrogens is 1. The third kappa shape index (κ3) is 4.78. The molecule has 3 aromatic carbocycles. The number of hydrogen-bond donors (Lipinski definition) is 0. The van der Waals surface area contributed by atoms with Crippen molar-refractivity contribution in [2.75, 3.05) is 20.8 Å². The van der Waals surface area contributed by atoms with Crippen LogP contribution in [0, 0.1) is 0 Å². The molecule has 0 saturated heterocycles. The van der Waals surface area contributed by atoms with Crippen molar-refractivity contribution in [2.45, 2.75) is 13.0 Å². The first kappa shape index (κ1) is 25.2. The molecule has 0 amide bonds. The van der Waals surface area contributed by atoms with Gasteiger partial charge in [-0.1, -0.05) is 65.9 Å². The third-order valence-electron chi connectivity index (χ3n) is 6.20. The molecule has 38 heavy (non-hydrogen) atoms. The van der Waals surface area contributed by atoms with Gasteiger partial charge in [0.25, 0.3) is 5.56 Å². The maximum atomic E-state index is 13.9. The van der Waals surface area contributed by atoms with Gasteiger partial charge in [0.1, 0.15) is 11.5 Å². The zero-order valence-electron chi connectivity index (χ0n) is 21.2. The van der Waals surface area contributed by atoms with Crippen LogP contribution < -0.4 is 24.4 Å². The van der Waals surface area contributed by atoms with E-state index in [1.54, 1.807) is 25.7 Å². The van der Waals surface area contributed by atoms with Crippen LogP contribution in [-0.4, -0.2) is 31.4 Å². The van der Waals surface area contributed by atoms with Crippen LogP contribution in [0.5, 0.6) is 11.5 Å². The van der Waals surface area contributed by atoms with Gasteiger partial charge in [0.2, 0.25) is 0 Å². The van der Waals surface area contributed by atoms with Crippen LogP contribution in [0.25, 0.3) is 11.8 Å². The monoisotopic (exact) mass is 526 g/mol. The molecule has 4 aromatic rings. The number of esters is 1. The molecule has 0 unspecified atom stereocenters. The van der Waals surface area contributed by atoms with Crippen molar-refractivity contribution in [3.8, 4) is 11.5 Å². The van der Waals surface area contributed by atoms with Gasteiger partial charge in [-0.3, -0.25) is 9.36 Å². The summed E-state index contributed by atoms with van der Waals surface area (Å²) in [5.74, 6) is 0.848. The molecule has 1 aliphatic rings. The number of hydrogen-bond acceptors (Lipinski definition) is 7. The minimum atomic E-state index is -0.737. The molecule has 0 radical (unpaired) electrons. The standard InChI is InChI=1S/C30H26N2O5S/c1-4-37-29(34)25-26(20-10-6-5-7-11-20)31-30-32(27(25)21-13-15-22(35-2)16-14-21)28(33)24(38-30)18-19-9-8-12-23(17-19)36-3/h5-18,27H,4H2,1-3H3/b24-18+/t27-/m0/s1. The molecule has 192 valence electrons. The van der Waals surface area contributed by atoms with Crippen LogP contribution in [0.15, 0.2) is 94.2 Å². The fourth-order valence-electron chi connectivity index (χ4n) is 4.42. The van der Waals surface area contributed by atoms with Crippen molar-refractivity contribution in [1.29, 1.82) is 0 Å². The molecule has 0 N–H and O–H groups in total. The van der Waals surface area contributed by atoms with E-state index in [0.29, 0.717) is 32.1 Å². The topological polar surface area (TPSA) is 79.1 Å². The van der Waals surface area contributed by atoms with E-state index >= 15 is 0 Å². The minimum absolute atomic E-state index is 0.194. The SMILES string of the molecule is CCOC(=O)C1=C(c2ccccc2)N=c2s/c(=C/c3cccc(OC)c3)c(=O)n2[C@H]1c1ccc(OC)cc1. The largest absolute Gasteiger partial charge is 0.497 e. The number of ether oxygens (including phenoxy) is 3. The molecule has 0 bridgehead atoms. The van der Waals surface area contributed by atoms with E-state index < -0.39 is 12.0 Å². The van der Waals surface area contributed by atoms with E-state index in [-0.39, 0.29) is 12.2 Å². The molecule has 0 saturated carbocycles. The Morgan fingerprint density at radius 2 is 1.71 bits per heavy atom. The van der Waals surface area contributed by atoms with Gasteiger partial charge in [-0.25, -0.2) is 9.79 Å². The number of carbonyl (C=O) groups is 1. The molecule has 1 atom stereocenters. The number of methoxy groups -OCH3 is 2. The van der Waals surface area contributed by atoms with E-state index in [0.717, 1.165) is 16.7 Å². The molecule has 0 fully saturated rings. The summed E-state index contributed by atoms with van der Waals surface area (Å²) >= 11 is 1.28.